The average molecular weight is 292 g/mol. The second-order valence-corrected chi connectivity index (χ2v) is 4.64. The molecule has 0 radical (unpaired) electrons. The molecule has 1 aromatic heterocycles. The van der Waals surface area contributed by atoms with Gasteiger partial charge in [0.2, 0.25) is 5.91 Å². The molecule has 1 aromatic carbocycles. The maximum absolute atomic E-state index is 12.1. The van der Waals surface area contributed by atoms with E-state index in [1.807, 2.05) is 18.2 Å². The highest BCUT2D eigenvalue weighted by molar-refractivity contribution is 6.30. The zero-order valence-corrected chi connectivity index (χ0v) is 11.7. The largest absolute Gasteiger partial charge is 0.355 e. The molecule has 104 valence electrons. The van der Waals surface area contributed by atoms with Gasteiger partial charge in [-0.1, -0.05) is 29.8 Å². The van der Waals surface area contributed by atoms with Gasteiger partial charge in [0.25, 0.3) is 5.91 Å². The molecular weight excluding hydrogens is 278 g/mol. The number of carbonyl (C=O) groups excluding carboxylic acids is 2. The molecule has 0 saturated heterocycles. The van der Waals surface area contributed by atoms with Gasteiger partial charge in [0, 0.05) is 25.4 Å². The molecular formula is C14H14ClN3O2. The second kappa shape index (κ2) is 6.34. The molecule has 1 heterocycles. The Morgan fingerprint density at radius 1 is 1.20 bits per heavy atom. The Balaban J connectivity index is 2.15. The Hall–Kier alpha value is -2.14. The number of aromatic nitrogens is 1. The third kappa shape index (κ3) is 3.45. The van der Waals surface area contributed by atoms with Crippen molar-refractivity contribution in [3.8, 4) is 0 Å². The predicted molar refractivity (Wildman–Crippen MR) is 77.8 cm³/mol. The Kier molecular flexibility index (Phi) is 4.53. The van der Waals surface area contributed by atoms with Crippen LogP contribution in [-0.2, 0) is 4.79 Å². The van der Waals surface area contributed by atoms with Crippen LogP contribution < -0.4 is 10.6 Å². The molecule has 0 bridgehead atoms. The van der Waals surface area contributed by atoms with E-state index in [1.54, 1.807) is 6.07 Å². The van der Waals surface area contributed by atoms with Crippen LogP contribution >= 0.6 is 11.6 Å². The van der Waals surface area contributed by atoms with Crippen molar-refractivity contribution in [2.75, 3.05) is 13.1 Å². The van der Waals surface area contributed by atoms with Crippen molar-refractivity contribution >= 4 is 34.3 Å². The Labute approximate surface area is 121 Å². The molecule has 20 heavy (non-hydrogen) atoms. The highest BCUT2D eigenvalue weighted by Crippen LogP contribution is 2.20. The first-order valence-electron chi connectivity index (χ1n) is 6.16. The molecule has 2 aromatic rings. The summed E-state index contributed by atoms with van der Waals surface area (Å²) in [5.41, 5.74) is 1.15. The van der Waals surface area contributed by atoms with Crippen LogP contribution in [0, 0.1) is 0 Å². The zero-order valence-electron chi connectivity index (χ0n) is 10.9. The summed E-state index contributed by atoms with van der Waals surface area (Å²) >= 11 is 5.92. The number of hydrogen-bond donors (Lipinski definition) is 2. The van der Waals surface area contributed by atoms with Gasteiger partial charge in [-0.2, -0.15) is 0 Å². The van der Waals surface area contributed by atoms with Crippen LogP contribution in [0.3, 0.4) is 0 Å². The van der Waals surface area contributed by atoms with E-state index in [0.29, 0.717) is 24.2 Å². The average Bonchev–Trinajstić information content (AvgIpc) is 2.42. The van der Waals surface area contributed by atoms with Gasteiger partial charge < -0.3 is 10.6 Å². The van der Waals surface area contributed by atoms with Gasteiger partial charge in [-0.25, -0.2) is 4.98 Å². The summed E-state index contributed by atoms with van der Waals surface area (Å²) in [4.78, 5) is 27.0. The summed E-state index contributed by atoms with van der Waals surface area (Å²) in [6.07, 6.45) is 0. The smallest absolute Gasteiger partial charge is 0.252 e. The quantitative estimate of drug-likeness (QED) is 0.666. The van der Waals surface area contributed by atoms with Crippen molar-refractivity contribution in [1.82, 2.24) is 15.6 Å². The van der Waals surface area contributed by atoms with E-state index in [0.717, 1.165) is 5.39 Å². The first-order valence-corrected chi connectivity index (χ1v) is 6.53. The van der Waals surface area contributed by atoms with E-state index in [9.17, 15) is 9.59 Å². The molecule has 0 atom stereocenters. The molecule has 0 spiro atoms. The fraction of sp³-hybridized carbons (Fsp3) is 0.214. The van der Waals surface area contributed by atoms with Crippen molar-refractivity contribution in [3.05, 3.63) is 41.0 Å². The number of nitrogens with one attached hydrogen (secondary N) is 2. The number of fused-ring (bicyclic) bond motifs is 1. The second-order valence-electron chi connectivity index (χ2n) is 4.25. The number of halogens is 1. The van der Waals surface area contributed by atoms with Crippen molar-refractivity contribution in [1.29, 1.82) is 0 Å². The van der Waals surface area contributed by atoms with E-state index in [4.69, 9.17) is 11.6 Å². The molecule has 6 heteroatoms. The lowest BCUT2D eigenvalue weighted by Gasteiger charge is -2.08. The number of nitrogens with zero attached hydrogens (tertiary/aromatic N) is 1. The molecule has 0 aliphatic rings. The van der Waals surface area contributed by atoms with E-state index in [1.165, 1.54) is 13.0 Å². The van der Waals surface area contributed by atoms with Crippen LogP contribution in [0.1, 0.15) is 17.3 Å². The highest BCUT2D eigenvalue weighted by atomic mass is 35.5. The van der Waals surface area contributed by atoms with Crippen LogP contribution in [0.4, 0.5) is 0 Å². The number of carbonyl (C=O) groups is 2. The molecule has 2 amide bonds. The maximum Gasteiger partial charge on any atom is 0.252 e. The minimum atomic E-state index is -0.240. The molecule has 2 rings (SSSR count). The van der Waals surface area contributed by atoms with E-state index < -0.39 is 0 Å². The number of amides is 2. The first-order chi connectivity index (χ1) is 9.58. The summed E-state index contributed by atoms with van der Waals surface area (Å²) < 4.78 is 0. The minimum absolute atomic E-state index is 0.128. The topological polar surface area (TPSA) is 71.1 Å². The van der Waals surface area contributed by atoms with E-state index >= 15 is 0 Å². The van der Waals surface area contributed by atoms with E-state index in [2.05, 4.69) is 15.6 Å². The Morgan fingerprint density at radius 2 is 1.90 bits per heavy atom. The summed E-state index contributed by atoms with van der Waals surface area (Å²) in [6, 6.07) is 8.84. The van der Waals surface area contributed by atoms with Crippen molar-refractivity contribution < 1.29 is 9.59 Å². The monoisotopic (exact) mass is 291 g/mol. The summed E-state index contributed by atoms with van der Waals surface area (Å²) in [7, 11) is 0. The summed E-state index contributed by atoms with van der Waals surface area (Å²) in [6.45, 7) is 2.17. The number of rotatable bonds is 4. The van der Waals surface area contributed by atoms with Crippen molar-refractivity contribution in [2.45, 2.75) is 6.92 Å². The van der Waals surface area contributed by atoms with Crippen LogP contribution in [0.25, 0.3) is 10.9 Å². The van der Waals surface area contributed by atoms with Gasteiger partial charge in [0.15, 0.2) is 0 Å². The normalized spacial score (nSPS) is 10.3. The highest BCUT2D eigenvalue weighted by Gasteiger charge is 2.11. The fourth-order valence-corrected chi connectivity index (χ4v) is 2.04. The number of para-hydroxylation sites is 1. The molecule has 2 N–H and O–H groups in total. The Bertz CT molecular complexity index is 658. The Morgan fingerprint density at radius 3 is 2.65 bits per heavy atom. The van der Waals surface area contributed by atoms with Crippen LogP contribution in [0.5, 0.6) is 0 Å². The van der Waals surface area contributed by atoms with Gasteiger partial charge in [-0.3, -0.25) is 9.59 Å². The molecule has 5 nitrogen and oxygen atoms in total. The lowest BCUT2D eigenvalue weighted by molar-refractivity contribution is -0.118. The van der Waals surface area contributed by atoms with Crippen molar-refractivity contribution in [3.63, 3.8) is 0 Å². The third-order valence-corrected chi connectivity index (χ3v) is 2.91. The van der Waals surface area contributed by atoms with Gasteiger partial charge in [-0.15, -0.1) is 0 Å². The van der Waals surface area contributed by atoms with Crippen molar-refractivity contribution in [2.24, 2.45) is 0 Å². The van der Waals surface area contributed by atoms with Crippen LogP contribution in [0.15, 0.2) is 30.3 Å². The lowest BCUT2D eigenvalue weighted by Crippen LogP contribution is -2.33. The first kappa shape index (κ1) is 14.3. The summed E-state index contributed by atoms with van der Waals surface area (Å²) in [5, 5.41) is 6.36. The van der Waals surface area contributed by atoms with Gasteiger partial charge in [0.1, 0.15) is 5.15 Å². The predicted octanol–water partition coefficient (Wildman–Crippen LogP) is 1.75. The van der Waals surface area contributed by atoms with Gasteiger partial charge in [0.05, 0.1) is 11.1 Å². The van der Waals surface area contributed by atoms with Crippen LogP contribution in [0.2, 0.25) is 5.15 Å². The summed E-state index contributed by atoms with van der Waals surface area (Å²) in [5.74, 6) is -0.368. The molecule has 0 unspecified atom stereocenters. The fourth-order valence-electron chi connectivity index (χ4n) is 1.84. The molecule has 0 fully saturated rings. The zero-order chi connectivity index (χ0) is 14.5. The van der Waals surface area contributed by atoms with Gasteiger partial charge >= 0.3 is 0 Å². The number of pyridine rings is 1. The van der Waals surface area contributed by atoms with Crippen LogP contribution in [-0.4, -0.2) is 29.9 Å². The molecule has 0 aliphatic heterocycles. The standard InChI is InChI=1S/C14H14ClN3O2/c1-9(19)16-6-7-17-14(20)11-8-13(15)18-12-5-3-2-4-10(11)12/h2-5,8H,6-7H2,1H3,(H,16,19)(H,17,20). The SMILES string of the molecule is CC(=O)NCCNC(=O)c1cc(Cl)nc2ccccc12. The van der Waals surface area contributed by atoms with E-state index in [-0.39, 0.29) is 17.0 Å². The minimum Gasteiger partial charge on any atom is -0.355 e. The lowest BCUT2D eigenvalue weighted by atomic mass is 10.1. The number of hydrogen-bond acceptors (Lipinski definition) is 3. The van der Waals surface area contributed by atoms with Gasteiger partial charge in [-0.05, 0) is 12.1 Å². The molecule has 0 aliphatic carbocycles. The maximum atomic E-state index is 12.1. The number of benzene rings is 1. The third-order valence-electron chi connectivity index (χ3n) is 2.71. The molecule has 0 saturated carbocycles.